The summed E-state index contributed by atoms with van der Waals surface area (Å²) >= 11 is 0. The van der Waals surface area contributed by atoms with Crippen molar-refractivity contribution >= 4 is 10.2 Å². The Kier molecular flexibility index (Phi) is 3.54. The Morgan fingerprint density at radius 1 is 1.44 bits per heavy atom. The average Bonchev–Trinajstić information content (AvgIpc) is 2.81. The lowest BCUT2D eigenvalue weighted by atomic mass is 10.4. The summed E-state index contributed by atoms with van der Waals surface area (Å²) < 4.78 is 27.6. The first-order valence-electron chi connectivity index (χ1n) is 5.12. The Labute approximate surface area is 94.4 Å². The van der Waals surface area contributed by atoms with Crippen LogP contribution in [-0.4, -0.2) is 48.9 Å². The first kappa shape index (κ1) is 11.5. The van der Waals surface area contributed by atoms with Crippen LogP contribution in [0, 0.1) is 0 Å². The van der Waals surface area contributed by atoms with Gasteiger partial charge < -0.3 is 10.3 Å². The lowest BCUT2D eigenvalue weighted by Gasteiger charge is -2.26. The zero-order valence-electron chi connectivity index (χ0n) is 8.81. The zero-order chi connectivity index (χ0) is 11.4. The molecule has 2 heterocycles. The van der Waals surface area contributed by atoms with Crippen molar-refractivity contribution in [2.75, 3.05) is 26.2 Å². The van der Waals surface area contributed by atoms with E-state index in [0.717, 1.165) is 0 Å². The summed E-state index contributed by atoms with van der Waals surface area (Å²) in [6.07, 6.45) is 3.25. The SMILES string of the molecule is O=S(=O)(NCc1ncc[nH]1)N1CCNCC1. The molecular formula is C8H15N5O2S. The van der Waals surface area contributed by atoms with Crippen LogP contribution in [0.4, 0.5) is 0 Å². The molecule has 0 aliphatic carbocycles. The van der Waals surface area contributed by atoms with Crippen molar-refractivity contribution < 1.29 is 8.42 Å². The molecule has 1 saturated heterocycles. The fourth-order valence-corrected chi connectivity index (χ4v) is 2.70. The number of imidazole rings is 1. The quantitative estimate of drug-likeness (QED) is 0.612. The Hall–Kier alpha value is -0.960. The molecule has 0 saturated carbocycles. The number of H-pyrrole nitrogens is 1. The lowest BCUT2D eigenvalue weighted by Crippen LogP contribution is -2.50. The van der Waals surface area contributed by atoms with Gasteiger partial charge >= 0.3 is 0 Å². The van der Waals surface area contributed by atoms with Gasteiger partial charge in [-0.25, -0.2) is 4.98 Å². The van der Waals surface area contributed by atoms with Crippen LogP contribution < -0.4 is 10.0 Å². The molecule has 16 heavy (non-hydrogen) atoms. The van der Waals surface area contributed by atoms with Crippen LogP contribution in [0.15, 0.2) is 12.4 Å². The highest BCUT2D eigenvalue weighted by Gasteiger charge is 2.23. The minimum Gasteiger partial charge on any atom is -0.347 e. The molecule has 0 unspecified atom stereocenters. The van der Waals surface area contributed by atoms with Gasteiger partial charge in [0.15, 0.2) is 0 Å². The minimum atomic E-state index is -3.38. The summed E-state index contributed by atoms with van der Waals surface area (Å²) in [7, 11) is -3.38. The summed E-state index contributed by atoms with van der Waals surface area (Å²) in [5.74, 6) is 0.610. The highest BCUT2D eigenvalue weighted by Crippen LogP contribution is 2.00. The summed E-state index contributed by atoms with van der Waals surface area (Å²) in [5, 5.41) is 3.10. The zero-order valence-corrected chi connectivity index (χ0v) is 9.63. The summed E-state index contributed by atoms with van der Waals surface area (Å²) in [6, 6.07) is 0. The molecule has 8 heteroatoms. The van der Waals surface area contributed by atoms with E-state index < -0.39 is 10.2 Å². The Morgan fingerprint density at radius 3 is 2.81 bits per heavy atom. The minimum absolute atomic E-state index is 0.194. The molecule has 1 aliphatic rings. The number of hydrogen-bond acceptors (Lipinski definition) is 4. The van der Waals surface area contributed by atoms with E-state index >= 15 is 0 Å². The predicted molar refractivity (Wildman–Crippen MR) is 58.8 cm³/mol. The van der Waals surface area contributed by atoms with Gasteiger partial charge in [0.2, 0.25) is 0 Å². The van der Waals surface area contributed by atoms with Crippen molar-refractivity contribution in [1.82, 2.24) is 24.3 Å². The molecule has 90 valence electrons. The molecule has 1 aromatic rings. The number of piperazine rings is 1. The second kappa shape index (κ2) is 4.91. The summed E-state index contributed by atoms with van der Waals surface area (Å²) in [4.78, 5) is 6.79. The van der Waals surface area contributed by atoms with Gasteiger partial charge in [-0.3, -0.25) is 0 Å². The highest BCUT2D eigenvalue weighted by atomic mass is 32.2. The molecule has 3 N–H and O–H groups in total. The first-order chi connectivity index (χ1) is 7.68. The van der Waals surface area contributed by atoms with Crippen LogP contribution in [-0.2, 0) is 16.8 Å². The Balaban J connectivity index is 1.91. The second-order valence-electron chi connectivity index (χ2n) is 3.51. The molecule has 7 nitrogen and oxygen atoms in total. The molecule has 0 bridgehead atoms. The number of nitrogens with one attached hydrogen (secondary N) is 3. The summed E-state index contributed by atoms with van der Waals surface area (Å²) in [6.45, 7) is 2.60. The maximum Gasteiger partial charge on any atom is 0.279 e. The molecule has 0 spiro atoms. The van der Waals surface area contributed by atoms with Crippen molar-refractivity contribution in [2.45, 2.75) is 6.54 Å². The van der Waals surface area contributed by atoms with Crippen molar-refractivity contribution in [2.24, 2.45) is 0 Å². The number of rotatable bonds is 4. The van der Waals surface area contributed by atoms with Gasteiger partial charge in [0.05, 0.1) is 6.54 Å². The maximum atomic E-state index is 11.8. The lowest BCUT2D eigenvalue weighted by molar-refractivity contribution is 0.354. The Morgan fingerprint density at radius 2 is 2.19 bits per heavy atom. The van der Waals surface area contributed by atoms with E-state index in [1.165, 1.54) is 4.31 Å². The van der Waals surface area contributed by atoms with Crippen LogP contribution in [0.25, 0.3) is 0 Å². The predicted octanol–water partition coefficient (Wildman–Crippen LogP) is -1.35. The summed E-state index contributed by atoms with van der Waals surface area (Å²) in [5.41, 5.74) is 0. The van der Waals surface area contributed by atoms with Gasteiger partial charge in [0.25, 0.3) is 10.2 Å². The molecule has 1 fully saturated rings. The van der Waals surface area contributed by atoms with Crippen molar-refractivity contribution in [3.8, 4) is 0 Å². The monoisotopic (exact) mass is 245 g/mol. The van der Waals surface area contributed by atoms with Gasteiger partial charge in [0, 0.05) is 38.6 Å². The van der Waals surface area contributed by atoms with Gasteiger partial charge in [-0.15, -0.1) is 0 Å². The average molecular weight is 245 g/mol. The largest absolute Gasteiger partial charge is 0.347 e. The normalized spacial score (nSPS) is 18.8. The van der Waals surface area contributed by atoms with E-state index in [1.807, 2.05) is 0 Å². The van der Waals surface area contributed by atoms with Crippen molar-refractivity contribution in [3.05, 3.63) is 18.2 Å². The third-order valence-electron chi connectivity index (χ3n) is 2.39. The number of aromatic nitrogens is 2. The molecule has 1 aromatic heterocycles. The highest BCUT2D eigenvalue weighted by molar-refractivity contribution is 7.87. The van der Waals surface area contributed by atoms with E-state index in [2.05, 4.69) is 20.0 Å². The molecule has 0 aromatic carbocycles. The first-order valence-corrected chi connectivity index (χ1v) is 6.56. The van der Waals surface area contributed by atoms with Crippen LogP contribution in [0.3, 0.4) is 0 Å². The Bertz CT molecular complexity index is 410. The van der Waals surface area contributed by atoms with Crippen molar-refractivity contribution in [1.29, 1.82) is 0 Å². The number of nitrogens with zero attached hydrogens (tertiary/aromatic N) is 2. The molecular weight excluding hydrogens is 230 g/mol. The molecule has 0 atom stereocenters. The topological polar surface area (TPSA) is 90.1 Å². The van der Waals surface area contributed by atoms with Crippen LogP contribution in [0.5, 0.6) is 0 Å². The van der Waals surface area contributed by atoms with E-state index in [4.69, 9.17) is 0 Å². The van der Waals surface area contributed by atoms with Crippen molar-refractivity contribution in [3.63, 3.8) is 0 Å². The fourth-order valence-electron chi connectivity index (χ4n) is 1.53. The molecule has 0 radical (unpaired) electrons. The molecule has 2 rings (SSSR count). The van der Waals surface area contributed by atoms with Crippen LogP contribution >= 0.6 is 0 Å². The maximum absolute atomic E-state index is 11.8. The smallest absolute Gasteiger partial charge is 0.279 e. The van der Waals surface area contributed by atoms with Gasteiger partial charge in [0.1, 0.15) is 5.82 Å². The number of aromatic amines is 1. The van der Waals surface area contributed by atoms with E-state index in [9.17, 15) is 8.42 Å². The van der Waals surface area contributed by atoms with E-state index in [-0.39, 0.29) is 6.54 Å². The third-order valence-corrected chi connectivity index (χ3v) is 3.95. The van der Waals surface area contributed by atoms with Gasteiger partial charge in [-0.2, -0.15) is 17.4 Å². The van der Waals surface area contributed by atoms with Crippen LogP contribution in [0.1, 0.15) is 5.82 Å². The van der Waals surface area contributed by atoms with Gasteiger partial charge in [-0.1, -0.05) is 0 Å². The number of hydrogen-bond donors (Lipinski definition) is 3. The van der Waals surface area contributed by atoms with Gasteiger partial charge in [-0.05, 0) is 0 Å². The standard InChI is InChI=1S/C8H15N5O2S/c14-16(15,13-5-3-9-4-6-13)12-7-8-10-1-2-11-8/h1-2,9,12H,3-7H2,(H,10,11). The van der Waals surface area contributed by atoms with E-state index in [0.29, 0.717) is 32.0 Å². The van der Waals surface area contributed by atoms with E-state index in [1.54, 1.807) is 12.4 Å². The molecule has 0 amide bonds. The fraction of sp³-hybridized carbons (Fsp3) is 0.625. The van der Waals surface area contributed by atoms with Crippen LogP contribution in [0.2, 0.25) is 0 Å². The second-order valence-corrected chi connectivity index (χ2v) is 5.27. The third kappa shape index (κ3) is 2.79. The molecule has 1 aliphatic heterocycles.